The normalized spacial score (nSPS) is 16.0. The summed E-state index contributed by atoms with van der Waals surface area (Å²) in [6.45, 7) is 5.04. The van der Waals surface area contributed by atoms with Crippen molar-refractivity contribution in [2.45, 2.75) is 51.7 Å². The maximum absolute atomic E-state index is 13.4. The van der Waals surface area contributed by atoms with Crippen LogP contribution < -0.4 is 4.57 Å². The summed E-state index contributed by atoms with van der Waals surface area (Å²) in [5.74, 6) is 0. The van der Waals surface area contributed by atoms with Crippen molar-refractivity contribution in [2.75, 3.05) is 0 Å². The van der Waals surface area contributed by atoms with E-state index in [1.54, 1.807) is 0 Å². The molecule has 0 amide bonds. The van der Waals surface area contributed by atoms with E-state index in [1.165, 1.54) is 11.1 Å². The van der Waals surface area contributed by atoms with Crippen LogP contribution in [0, 0.1) is 0 Å². The standard InChI is InChI=1S/C19H23FN/c1-3-19(4-2)12-13-21-15(14-20)8-7-11-18(21)16-9-5-6-10-17(16)19/h5-11H,3-4,12-14H2,1-2H3/q+1. The van der Waals surface area contributed by atoms with Crippen LogP contribution in [0.1, 0.15) is 44.4 Å². The van der Waals surface area contributed by atoms with Crippen molar-refractivity contribution in [1.82, 2.24) is 0 Å². The molecular formula is C19H23FN+. The Morgan fingerprint density at radius 3 is 2.52 bits per heavy atom. The van der Waals surface area contributed by atoms with Crippen LogP contribution in [0.4, 0.5) is 4.39 Å². The first-order valence-electron chi connectivity index (χ1n) is 7.93. The fourth-order valence-electron chi connectivity index (χ4n) is 3.81. The molecule has 0 N–H and O–H groups in total. The first-order valence-corrected chi connectivity index (χ1v) is 7.93. The Bertz CT molecular complexity index is 644. The van der Waals surface area contributed by atoms with Gasteiger partial charge in [-0.05, 0) is 30.5 Å². The monoisotopic (exact) mass is 284 g/mol. The molecule has 1 aromatic heterocycles. The zero-order valence-corrected chi connectivity index (χ0v) is 12.9. The average Bonchev–Trinajstić information content (AvgIpc) is 2.70. The zero-order chi connectivity index (χ0) is 14.9. The van der Waals surface area contributed by atoms with Crippen molar-refractivity contribution >= 4 is 0 Å². The van der Waals surface area contributed by atoms with Gasteiger partial charge in [0.05, 0.1) is 0 Å². The highest BCUT2D eigenvalue weighted by atomic mass is 19.1. The van der Waals surface area contributed by atoms with Crippen molar-refractivity contribution in [3.8, 4) is 11.3 Å². The molecule has 2 heterocycles. The Kier molecular flexibility index (Phi) is 3.79. The number of alkyl halides is 1. The Morgan fingerprint density at radius 1 is 1.05 bits per heavy atom. The third-order valence-electron chi connectivity index (χ3n) is 5.26. The van der Waals surface area contributed by atoms with E-state index in [1.807, 2.05) is 12.1 Å². The second-order valence-electron chi connectivity index (χ2n) is 5.97. The van der Waals surface area contributed by atoms with Gasteiger partial charge in [0.15, 0.2) is 6.67 Å². The van der Waals surface area contributed by atoms with Gasteiger partial charge < -0.3 is 0 Å². The van der Waals surface area contributed by atoms with E-state index in [4.69, 9.17) is 0 Å². The molecule has 2 aromatic rings. The smallest absolute Gasteiger partial charge is 0.213 e. The van der Waals surface area contributed by atoms with Gasteiger partial charge in [-0.2, -0.15) is 4.57 Å². The van der Waals surface area contributed by atoms with Gasteiger partial charge >= 0.3 is 0 Å². The van der Waals surface area contributed by atoms with Gasteiger partial charge in [-0.15, -0.1) is 0 Å². The van der Waals surface area contributed by atoms with Crippen molar-refractivity contribution in [3.05, 3.63) is 53.7 Å². The number of pyridine rings is 1. The number of hydrogen-bond donors (Lipinski definition) is 0. The quantitative estimate of drug-likeness (QED) is 0.727. The summed E-state index contributed by atoms with van der Waals surface area (Å²) >= 11 is 0. The lowest BCUT2D eigenvalue weighted by Gasteiger charge is -2.31. The van der Waals surface area contributed by atoms with E-state index in [0.29, 0.717) is 0 Å². The van der Waals surface area contributed by atoms with Crippen LogP contribution in [0.5, 0.6) is 0 Å². The van der Waals surface area contributed by atoms with Crippen LogP contribution in [-0.2, 0) is 18.6 Å². The Labute approximate surface area is 126 Å². The first-order chi connectivity index (χ1) is 10.3. The highest BCUT2D eigenvalue weighted by molar-refractivity contribution is 5.63. The Hall–Kier alpha value is -1.70. The molecule has 1 aliphatic rings. The van der Waals surface area contributed by atoms with Gasteiger partial charge in [0.25, 0.3) is 0 Å². The number of aromatic nitrogens is 1. The van der Waals surface area contributed by atoms with E-state index >= 15 is 0 Å². The molecule has 0 saturated heterocycles. The molecule has 21 heavy (non-hydrogen) atoms. The van der Waals surface area contributed by atoms with Gasteiger partial charge in [-0.1, -0.05) is 32.0 Å². The number of fused-ring (bicyclic) bond motifs is 3. The van der Waals surface area contributed by atoms with Gasteiger partial charge in [0, 0.05) is 29.5 Å². The van der Waals surface area contributed by atoms with Crippen LogP contribution in [0.25, 0.3) is 11.3 Å². The Balaban J connectivity index is 2.28. The fourth-order valence-corrected chi connectivity index (χ4v) is 3.81. The molecule has 0 atom stereocenters. The zero-order valence-electron chi connectivity index (χ0n) is 12.9. The molecule has 3 rings (SSSR count). The summed E-state index contributed by atoms with van der Waals surface area (Å²) in [6, 6.07) is 14.7. The SMILES string of the molecule is CCC1(CC)CC[n+]2c(CF)cccc2-c2ccccc21. The summed E-state index contributed by atoms with van der Waals surface area (Å²) in [6.07, 6.45) is 3.33. The summed E-state index contributed by atoms with van der Waals surface area (Å²) in [5, 5.41) is 0. The van der Waals surface area contributed by atoms with Crippen LogP contribution in [0.3, 0.4) is 0 Å². The lowest BCUT2D eigenvalue weighted by atomic mass is 9.72. The molecule has 0 radical (unpaired) electrons. The van der Waals surface area contributed by atoms with Crippen LogP contribution >= 0.6 is 0 Å². The molecular weight excluding hydrogens is 261 g/mol. The molecule has 1 aliphatic heterocycles. The van der Waals surface area contributed by atoms with Gasteiger partial charge in [0.2, 0.25) is 11.4 Å². The fraction of sp³-hybridized carbons (Fsp3) is 0.421. The van der Waals surface area contributed by atoms with Crippen molar-refractivity contribution < 1.29 is 8.96 Å². The van der Waals surface area contributed by atoms with Crippen molar-refractivity contribution in [3.63, 3.8) is 0 Å². The maximum Gasteiger partial charge on any atom is 0.213 e. The van der Waals surface area contributed by atoms with Crippen LogP contribution in [0.2, 0.25) is 0 Å². The summed E-state index contributed by atoms with van der Waals surface area (Å²) < 4.78 is 15.5. The average molecular weight is 284 g/mol. The highest BCUT2D eigenvalue weighted by Crippen LogP contribution is 2.42. The Morgan fingerprint density at radius 2 is 1.81 bits per heavy atom. The molecule has 0 aliphatic carbocycles. The molecule has 1 nitrogen and oxygen atoms in total. The minimum atomic E-state index is -0.402. The second-order valence-corrected chi connectivity index (χ2v) is 5.97. The second kappa shape index (κ2) is 5.59. The van der Waals surface area contributed by atoms with E-state index in [0.717, 1.165) is 37.2 Å². The molecule has 1 aromatic carbocycles. The summed E-state index contributed by atoms with van der Waals surface area (Å²) in [4.78, 5) is 0. The van der Waals surface area contributed by atoms with Gasteiger partial charge in [-0.25, -0.2) is 4.39 Å². The molecule has 0 bridgehead atoms. The molecule has 0 fully saturated rings. The van der Waals surface area contributed by atoms with E-state index in [-0.39, 0.29) is 5.41 Å². The lowest BCUT2D eigenvalue weighted by molar-refractivity contribution is -0.695. The third kappa shape index (κ3) is 2.17. The van der Waals surface area contributed by atoms with Gasteiger partial charge in [-0.3, -0.25) is 0 Å². The molecule has 0 unspecified atom stereocenters. The minimum Gasteiger partial charge on any atom is -0.239 e. The maximum atomic E-state index is 13.4. The number of rotatable bonds is 3. The topological polar surface area (TPSA) is 3.88 Å². The van der Waals surface area contributed by atoms with E-state index < -0.39 is 6.67 Å². The molecule has 110 valence electrons. The number of halogens is 1. The molecule has 2 heteroatoms. The first kappa shape index (κ1) is 14.2. The van der Waals surface area contributed by atoms with E-state index in [2.05, 4.69) is 48.7 Å². The van der Waals surface area contributed by atoms with E-state index in [9.17, 15) is 4.39 Å². The van der Waals surface area contributed by atoms with Crippen LogP contribution in [0.15, 0.2) is 42.5 Å². The third-order valence-corrected chi connectivity index (χ3v) is 5.26. The predicted octanol–water partition coefficient (Wildman–Crippen LogP) is 4.57. The van der Waals surface area contributed by atoms with Crippen molar-refractivity contribution in [2.24, 2.45) is 0 Å². The number of hydrogen-bond acceptors (Lipinski definition) is 0. The van der Waals surface area contributed by atoms with Crippen LogP contribution in [-0.4, -0.2) is 0 Å². The number of nitrogens with zero attached hydrogens (tertiary/aromatic N) is 1. The minimum absolute atomic E-state index is 0.205. The number of benzene rings is 1. The lowest BCUT2D eigenvalue weighted by Crippen LogP contribution is -2.41. The predicted molar refractivity (Wildman–Crippen MR) is 83.8 cm³/mol. The highest BCUT2D eigenvalue weighted by Gasteiger charge is 2.37. The largest absolute Gasteiger partial charge is 0.239 e. The van der Waals surface area contributed by atoms with Gasteiger partial charge in [0.1, 0.15) is 6.54 Å². The molecule has 0 spiro atoms. The van der Waals surface area contributed by atoms with Crippen molar-refractivity contribution in [1.29, 1.82) is 0 Å². The summed E-state index contributed by atoms with van der Waals surface area (Å²) in [5.41, 5.74) is 4.84. The molecule has 0 saturated carbocycles. The summed E-state index contributed by atoms with van der Waals surface area (Å²) in [7, 11) is 0.